The van der Waals surface area contributed by atoms with Gasteiger partial charge in [0.2, 0.25) is 0 Å². The molecule has 1 aromatic rings. The molecule has 0 aliphatic heterocycles. The molecule has 0 heterocycles. The average Bonchev–Trinajstić information content (AvgIpc) is 2.52. The van der Waals surface area contributed by atoms with Gasteiger partial charge in [-0.2, -0.15) is 0 Å². The van der Waals surface area contributed by atoms with Crippen LogP contribution in [0.4, 0.5) is 0 Å². The average molecular weight is 290 g/mol. The van der Waals surface area contributed by atoms with Crippen molar-refractivity contribution in [1.82, 2.24) is 0 Å². The maximum Gasteiger partial charge on any atom is 0.316 e. The number of ether oxygens (including phenoxy) is 1. The topological polar surface area (TPSA) is 43.4 Å². The van der Waals surface area contributed by atoms with Crippen LogP contribution in [0.5, 0.6) is 0 Å². The number of unbranched alkanes of at least 4 members (excludes halogenated alkanes) is 3. The quantitative estimate of drug-likeness (QED) is 0.372. The predicted molar refractivity (Wildman–Crippen MR) is 84.0 cm³/mol. The number of hydrogen-bond donors (Lipinski definition) is 0. The Kier molecular flexibility index (Phi) is 8.41. The van der Waals surface area contributed by atoms with Crippen LogP contribution in [0.3, 0.4) is 0 Å². The predicted octanol–water partition coefficient (Wildman–Crippen LogP) is 3.95. The molecule has 1 rings (SSSR count). The van der Waals surface area contributed by atoms with Gasteiger partial charge >= 0.3 is 5.97 Å². The molecular weight excluding hydrogens is 264 g/mol. The van der Waals surface area contributed by atoms with Crippen molar-refractivity contribution in [2.24, 2.45) is 5.92 Å². The van der Waals surface area contributed by atoms with E-state index >= 15 is 0 Å². The third-order valence-electron chi connectivity index (χ3n) is 3.72. The number of Topliss-reactive ketones (excluding diaryl/α,β-unsaturated/α-hetero) is 1. The molecule has 21 heavy (non-hydrogen) atoms. The van der Waals surface area contributed by atoms with Crippen LogP contribution in [0.2, 0.25) is 0 Å². The van der Waals surface area contributed by atoms with Crippen molar-refractivity contribution >= 4 is 11.8 Å². The number of rotatable bonds is 10. The SMILES string of the molecule is CCCCCCC(=O)C(CCc1ccccc1)C(=O)OC. The van der Waals surface area contributed by atoms with Gasteiger partial charge < -0.3 is 4.74 Å². The van der Waals surface area contributed by atoms with E-state index in [-0.39, 0.29) is 5.78 Å². The van der Waals surface area contributed by atoms with E-state index in [2.05, 4.69) is 6.92 Å². The van der Waals surface area contributed by atoms with Gasteiger partial charge in [-0.15, -0.1) is 0 Å². The molecule has 0 saturated heterocycles. The van der Waals surface area contributed by atoms with Crippen molar-refractivity contribution in [3.05, 3.63) is 35.9 Å². The van der Waals surface area contributed by atoms with Gasteiger partial charge in [-0.1, -0.05) is 56.5 Å². The van der Waals surface area contributed by atoms with E-state index in [4.69, 9.17) is 4.74 Å². The van der Waals surface area contributed by atoms with Gasteiger partial charge in [0.1, 0.15) is 11.7 Å². The van der Waals surface area contributed by atoms with E-state index in [0.717, 1.165) is 37.7 Å². The molecule has 1 aromatic carbocycles. The van der Waals surface area contributed by atoms with Crippen molar-refractivity contribution < 1.29 is 14.3 Å². The van der Waals surface area contributed by atoms with Gasteiger partial charge in [-0.25, -0.2) is 0 Å². The molecule has 3 heteroatoms. The first-order valence-corrected chi connectivity index (χ1v) is 7.83. The first-order valence-electron chi connectivity index (χ1n) is 7.83. The summed E-state index contributed by atoms with van der Waals surface area (Å²) in [6.07, 6.45) is 5.93. The summed E-state index contributed by atoms with van der Waals surface area (Å²) in [6, 6.07) is 9.92. The summed E-state index contributed by atoms with van der Waals surface area (Å²) in [5, 5.41) is 0. The van der Waals surface area contributed by atoms with E-state index in [9.17, 15) is 9.59 Å². The molecule has 1 unspecified atom stereocenters. The zero-order valence-electron chi connectivity index (χ0n) is 13.1. The molecule has 0 radical (unpaired) electrons. The third-order valence-corrected chi connectivity index (χ3v) is 3.72. The summed E-state index contributed by atoms with van der Waals surface area (Å²) < 4.78 is 4.79. The van der Waals surface area contributed by atoms with Crippen molar-refractivity contribution in [2.75, 3.05) is 7.11 Å². The first-order chi connectivity index (χ1) is 10.2. The Labute approximate surface area is 127 Å². The summed E-state index contributed by atoms with van der Waals surface area (Å²) in [5.41, 5.74) is 1.14. The molecule has 0 spiro atoms. The van der Waals surface area contributed by atoms with E-state index in [1.165, 1.54) is 7.11 Å². The zero-order chi connectivity index (χ0) is 15.5. The summed E-state index contributed by atoms with van der Waals surface area (Å²) >= 11 is 0. The molecule has 0 bridgehead atoms. The van der Waals surface area contributed by atoms with Crippen molar-refractivity contribution in [2.45, 2.75) is 51.9 Å². The Morgan fingerprint density at radius 1 is 1.10 bits per heavy atom. The molecule has 0 aliphatic carbocycles. The normalized spacial score (nSPS) is 11.9. The van der Waals surface area contributed by atoms with Crippen molar-refractivity contribution in [3.8, 4) is 0 Å². The highest BCUT2D eigenvalue weighted by atomic mass is 16.5. The van der Waals surface area contributed by atoms with Crippen molar-refractivity contribution in [1.29, 1.82) is 0 Å². The van der Waals surface area contributed by atoms with Gasteiger partial charge in [0, 0.05) is 6.42 Å². The number of methoxy groups -OCH3 is 1. The molecule has 0 aliphatic rings. The molecular formula is C18H26O3. The lowest BCUT2D eigenvalue weighted by molar-refractivity contribution is -0.149. The Morgan fingerprint density at radius 3 is 2.43 bits per heavy atom. The van der Waals surface area contributed by atoms with Crippen LogP contribution < -0.4 is 0 Å². The van der Waals surface area contributed by atoms with Gasteiger partial charge in [0.05, 0.1) is 7.11 Å². The van der Waals surface area contributed by atoms with Crippen molar-refractivity contribution in [3.63, 3.8) is 0 Å². The van der Waals surface area contributed by atoms with Crippen LogP contribution in [-0.4, -0.2) is 18.9 Å². The first kappa shape index (κ1) is 17.4. The fourth-order valence-corrected chi connectivity index (χ4v) is 2.41. The molecule has 116 valence electrons. The number of ketones is 1. The number of carbonyl (C=O) groups is 2. The largest absolute Gasteiger partial charge is 0.468 e. The van der Waals surface area contributed by atoms with E-state index in [1.54, 1.807) is 0 Å². The highest BCUT2D eigenvalue weighted by Crippen LogP contribution is 2.16. The smallest absolute Gasteiger partial charge is 0.316 e. The minimum absolute atomic E-state index is 0.0221. The Balaban J connectivity index is 2.51. The molecule has 0 amide bonds. The van der Waals surface area contributed by atoms with E-state index < -0.39 is 11.9 Å². The highest BCUT2D eigenvalue weighted by molar-refractivity contribution is 5.98. The fraction of sp³-hybridized carbons (Fsp3) is 0.556. The second kappa shape index (κ2) is 10.1. The monoisotopic (exact) mass is 290 g/mol. The molecule has 0 saturated carbocycles. The highest BCUT2D eigenvalue weighted by Gasteiger charge is 2.26. The summed E-state index contributed by atoms with van der Waals surface area (Å²) in [5.74, 6) is -0.989. The molecule has 1 atom stereocenters. The van der Waals surface area contributed by atoms with Crippen LogP contribution in [0.25, 0.3) is 0 Å². The number of aryl methyl sites for hydroxylation is 1. The number of benzene rings is 1. The zero-order valence-corrected chi connectivity index (χ0v) is 13.1. The van der Waals surface area contributed by atoms with Crippen LogP contribution in [0.1, 0.15) is 51.0 Å². The second-order valence-corrected chi connectivity index (χ2v) is 5.38. The van der Waals surface area contributed by atoms with E-state index in [0.29, 0.717) is 12.8 Å². The summed E-state index contributed by atoms with van der Waals surface area (Å²) in [6.45, 7) is 2.14. The number of hydrogen-bond acceptors (Lipinski definition) is 3. The van der Waals surface area contributed by atoms with Gasteiger partial charge in [0.15, 0.2) is 0 Å². The maximum absolute atomic E-state index is 12.2. The Hall–Kier alpha value is -1.64. The molecule has 0 aromatic heterocycles. The lowest BCUT2D eigenvalue weighted by Crippen LogP contribution is -2.26. The molecule has 0 N–H and O–H groups in total. The maximum atomic E-state index is 12.2. The fourth-order valence-electron chi connectivity index (χ4n) is 2.41. The van der Waals surface area contributed by atoms with Crippen LogP contribution in [0, 0.1) is 5.92 Å². The Morgan fingerprint density at radius 2 is 1.81 bits per heavy atom. The van der Waals surface area contributed by atoms with Crippen LogP contribution in [0.15, 0.2) is 30.3 Å². The minimum Gasteiger partial charge on any atom is -0.468 e. The van der Waals surface area contributed by atoms with Gasteiger partial charge in [-0.05, 0) is 24.8 Å². The van der Waals surface area contributed by atoms with Gasteiger partial charge in [0.25, 0.3) is 0 Å². The summed E-state index contributed by atoms with van der Waals surface area (Å²) in [7, 11) is 1.35. The second-order valence-electron chi connectivity index (χ2n) is 5.38. The third kappa shape index (κ3) is 6.56. The standard InChI is InChI=1S/C18H26O3/c1-3-4-5-9-12-17(19)16(18(20)21-2)14-13-15-10-7-6-8-11-15/h6-8,10-11,16H,3-5,9,12-14H2,1-2H3. The van der Waals surface area contributed by atoms with Crippen LogP contribution in [-0.2, 0) is 20.7 Å². The summed E-state index contributed by atoms with van der Waals surface area (Å²) in [4.78, 5) is 24.0. The lowest BCUT2D eigenvalue weighted by atomic mass is 9.92. The lowest BCUT2D eigenvalue weighted by Gasteiger charge is -2.13. The minimum atomic E-state index is -0.614. The number of esters is 1. The van der Waals surface area contributed by atoms with E-state index in [1.807, 2.05) is 30.3 Å². The van der Waals surface area contributed by atoms with Gasteiger partial charge in [-0.3, -0.25) is 9.59 Å². The Bertz CT molecular complexity index is 425. The van der Waals surface area contributed by atoms with Crippen LogP contribution >= 0.6 is 0 Å². The molecule has 3 nitrogen and oxygen atoms in total. The number of carbonyl (C=O) groups excluding carboxylic acids is 2. The molecule has 0 fully saturated rings.